The Morgan fingerprint density at radius 1 is 0.818 bits per heavy atom. The van der Waals surface area contributed by atoms with Gasteiger partial charge in [-0.05, 0) is 59.8 Å². The van der Waals surface area contributed by atoms with E-state index in [-0.39, 0.29) is 4.90 Å². The van der Waals surface area contributed by atoms with Crippen molar-refractivity contribution in [2.24, 2.45) is 17.8 Å². The summed E-state index contributed by atoms with van der Waals surface area (Å²) < 4.78 is 33.1. The van der Waals surface area contributed by atoms with Crippen LogP contribution >= 0.6 is 0 Å². The summed E-state index contributed by atoms with van der Waals surface area (Å²) in [7, 11) is -4.18. The van der Waals surface area contributed by atoms with Gasteiger partial charge >= 0.3 is 0 Å². The topological polar surface area (TPSA) is 54.4 Å². The summed E-state index contributed by atoms with van der Waals surface area (Å²) in [5.74, 6) is 1.28. The van der Waals surface area contributed by atoms with Crippen molar-refractivity contribution < 1.29 is 13.0 Å². The Morgan fingerprint density at radius 2 is 1.27 bits per heavy atom. The third-order valence-corrected chi connectivity index (χ3v) is 4.55. The minimum Gasteiger partial charge on any atom is -0.282 e. The largest absolute Gasteiger partial charge is 0.294 e. The molecule has 1 aromatic rings. The van der Waals surface area contributed by atoms with Crippen molar-refractivity contribution >= 4 is 10.1 Å². The molecule has 0 amide bonds. The molecule has 126 valence electrons. The molecule has 1 rings (SSSR count). The van der Waals surface area contributed by atoms with E-state index in [1.807, 2.05) is 6.07 Å². The zero-order valence-corrected chi connectivity index (χ0v) is 15.5. The molecule has 3 nitrogen and oxygen atoms in total. The van der Waals surface area contributed by atoms with E-state index in [1.54, 1.807) is 6.07 Å². The van der Waals surface area contributed by atoms with Crippen LogP contribution in [0.15, 0.2) is 17.0 Å². The number of hydrogen-bond acceptors (Lipinski definition) is 2. The Labute approximate surface area is 135 Å². The van der Waals surface area contributed by atoms with Crippen molar-refractivity contribution in [1.82, 2.24) is 0 Å². The van der Waals surface area contributed by atoms with Crippen LogP contribution in [0.5, 0.6) is 0 Å². The standard InChI is InChI=1S/C18H30O3S/c1-12(2)9-15-7-8-18(22(19,20)21)17(11-14(5)6)16(15)10-13(3)4/h7-8,12-14H,9-11H2,1-6H3,(H,19,20,21). The molecule has 22 heavy (non-hydrogen) atoms. The monoisotopic (exact) mass is 326 g/mol. The van der Waals surface area contributed by atoms with Crippen LogP contribution < -0.4 is 0 Å². The summed E-state index contributed by atoms with van der Waals surface area (Å²) in [6.07, 6.45) is 2.44. The maximum Gasteiger partial charge on any atom is 0.294 e. The predicted octanol–water partition coefficient (Wildman–Crippen LogP) is 4.53. The van der Waals surface area contributed by atoms with Crippen LogP contribution in [0, 0.1) is 17.8 Å². The van der Waals surface area contributed by atoms with Crippen molar-refractivity contribution in [3.05, 3.63) is 28.8 Å². The van der Waals surface area contributed by atoms with E-state index in [0.717, 1.165) is 24.0 Å². The first-order chi connectivity index (χ1) is 10.0. The van der Waals surface area contributed by atoms with Crippen LogP contribution in [0.3, 0.4) is 0 Å². The van der Waals surface area contributed by atoms with E-state index in [2.05, 4.69) is 41.5 Å². The average molecular weight is 327 g/mol. The third kappa shape index (κ3) is 5.40. The van der Waals surface area contributed by atoms with Crippen LogP contribution in [0.1, 0.15) is 58.2 Å². The minimum atomic E-state index is -4.18. The van der Waals surface area contributed by atoms with E-state index in [1.165, 1.54) is 5.56 Å². The molecule has 1 N–H and O–H groups in total. The fourth-order valence-electron chi connectivity index (χ4n) is 2.89. The molecule has 0 bridgehead atoms. The van der Waals surface area contributed by atoms with E-state index in [9.17, 15) is 13.0 Å². The second kappa shape index (κ2) is 7.60. The molecule has 4 heteroatoms. The summed E-state index contributed by atoms with van der Waals surface area (Å²) in [6.45, 7) is 12.7. The van der Waals surface area contributed by atoms with Gasteiger partial charge in [0.05, 0.1) is 4.90 Å². The highest BCUT2D eigenvalue weighted by atomic mass is 32.2. The molecule has 0 unspecified atom stereocenters. The van der Waals surface area contributed by atoms with Gasteiger partial charge in [-0.25, -0.2) is 0 Å². The first-order valence-electron chi connectivity index (χ1n) is 8.13. The molecule has 0 saturated heterocycles. The first kappa shape index (κ1) is 19.2. The van der Waals surface area contributed by atoms with Crippen LogP contribution in [0.2, 0.25) is 0 Å². The van der Waals surface area contributed by atoms with Gasteiger partial charge in [0.25, 0.3) is 10.1 Å². The van der Waals surface area contributed by atoms with Gasteiger partial charge in [-0.1, -0.05) is 47.6 Å². The van der Waals surface area contributed by atoms with Gasteiger partial charge in [-0.2, -0.15) is 8.42 Å². The molecule has 0 saturated carbocycles. The molecule has 0 radical (unpaired) electrons. The summed E-state index contributed by atoms with van der Waals surface area (Å²) in [5, 5.41) is 0. The maximum absolute atomic E-state index is 11.8. The molecular formula is C18H30O3S. The highest BCUT2D eigenvalue weighted by molar-refractivity contribution is 7.85. The molecule has 0 aromatic heterocycles. The van der Waals surface area contributed by atoms with Crippen LogP contribution in [0.25, 0.3) is 0 Å². The highest BCUT2D eigenvalue weighted by Gasteiger charge is 2.22. The van der Waals surface area contributed by atoms with Gasteiger partial charge in [0.1, 0.15) is 0 Å². The van der Waals surface area contributed by atoms with Gasteiger partial charge in [-0.3, -0.25) is 4.55 Å². The fraction of sp³-hybridized carbons (Fsp3) is 0.667. The van der Waals surface area contributed by atoms with Crippen LogP contribution in [-0.2, 0) is 29.4 Å². The zero-order chi connectivity index (χ0) is 17.1. The lowest BCUT2D eigenvalue weighted by molar-refractivity contribution is 0.480. The lowest BCUT2D eigenvalue weighted by atomic mass is 9.86. The van der Waals surface area contributed by atoms with E-state index in [0.29, 0.717) is 24.2 Å². The summed E-state index contributed by atoms with van der Waals surface area (Å²) in [4.78, 5) is 0.0874. The number of benzene rings is 1. The Bertz CT molecular complexity index is 599. The Balaban J connectivity index is 3.57. The zero-order valence-electron chi connectivity index (χ0n) is 14.7. The third-order valence-electron chi connectivity index (χ3n) is 3.62. The quantitative estimate of drug-likeness (QED) is 0.749. The second-order valence-electron chi connectivity index (χ2n) is 7.45. The van der Waals surface area contributed by atoms with E-state index >= 15 is 0 Å². The molecule has 0 spiro atoms. The van der Waals surface area contributed by atoms with Crippen molar-refractivity contribution in [1.29, 1.82) is 0 Å². The van der Waals surface area contributed by atoms with Gasteiger partial charge in [0.15, 0.2) is 0 Å². The summed E-state index contributed by atoms with van der Waals surface area (Å²) >= 11 is 0. The average Bonchev–Trinajstić information content (AvgIpc) is 2.29. The summed E-state index contributed by atoms with van der Waals surface area (Å²) in [6, 6.07) is 3.46. The first-order valence-corrected chi connectivity index (χ1v) is 9.57. The maximum atomic E-state index is 11.8. The van der Waals surface area contributed by atoms with Crippen molar-refractivity contribution in [3.63, 3.8) is 0 Å². The Morgan fingerprint density at radius 3 is 1.68 bits per heavy atom. The van der Waals surface area contributed by atoms with Crippen molar-refractivity contribution in [2.45, 2.75) is 65.7 Å². The van der Waals surface area contributed by atoms with Gasteiger partial charge in [0, 0.05) is 0 Å². The smallest absolute Gasteiger partial charge is 0.282 e. The van der Waals surface area contributed by atoms with Gasteiger partial charge < -0.3 is 0 Å². The molecule has 0 aliphatic carbocycles. The van der Waals surface area contributed by atoms with Crippen LogP contribution in [-0.4, -0.2) is 13.0 Å². The molecule has 1 aromatic carbocycles. The molecule has 0 atom stereocenters. The van der Waals surface area contributed by atoms with E-state index in [4.69, 9.17) is 0 Å². The molecule has 0 heterocycles. The Hall–Kier alpha value is -0.870. The van der Waals surface area contributed by atoms with Crippen molar-refractivity contribution in [3.8, 4) is 0 Å². The number of rotatable bonds is 7. The van der Waals surface area contributed by atoms with Crippen molar-refractivity contribution in [2.75, 3.05) is 0 Å². The predicted molar refractivity (Wildman–Crippen MR) is 91.9 cm³/mol. The van der Waals surface area contributed by atoms with E-state index < -0.39 is 10.1 Å². The normalized spacial score (nSPS) is 12.6. The Kier molecular flexibility index (Phi) is 6.63. The number of hydrogen-bond donors (Lipinski definition) is 1. The lowest BCUT2D eigenvalue weighted by Crippen LogP contribution is -2.14. The van der Waals surface area contributed by atoms with Gasteiger partial charge in [0.2, 0.25) is 0 Å². The molecule has 0 fully saturated rings. The van der Waals surface area contributed by atoms with Crippen LogP contribution in [0.4, 0.5) is 0 Å². The molecule has 0 aliphatic rings. The highest BCUT2D eigenvalue weighted by Crippen LogP contribution is 2.29. The SMILES string of the molecule is CC(C)Cc1ccc(S(=O)(=O)O)c(CC(C)C)c1CC(C)C. The van der Waals surface area contributed by atoms with Gasteiger partial charge in [-0.15, -0.1) is 0 Å². The summed E-state index contributed by atoms with van der Waals surface area (Å²) in [5.41, 5.74) is 3.14. The molecular weight excluding hydrogens is 296 g/mol. The molecule has 0 aliphatic heterocycles. The lowest BCUT2D eigenvalue weighted by Gasteiger charge is -2.21. The minimum absolute atomic E-state index is 0.0874. The fourth-order valence-corrected chi connectivity index (χ4v) is 3.65. The second-order valence-corrected chi connectivity index (χ2v) is 8.84.